The second-order valence-electron chi connectivity index (χ2n) is 4.62. The molecule has 19 heavy (non-hydrogen) atoms. The monoisotopic (exact) mass is 279 g/mol. The van der Waals surface area contributed by atoms with E-state index in [-0.39, 0.29) is 11.4 Å². The molecule has 1 fully saturated rings. The fourth-order valence-corrected chi connectivity index (χ4v) is 3.26. The van der Waals surface area contributed by atoms with E-state index in [0.29, 0.717) is 18.2 Å². The highest BCUT2D eigenvalue weighted by atomic mass is 32.2. The van der Waals surface area contributed by atoms with Crippen LogP contribution in [0.25, 0.3) is 0 Å². The van der Waals surface area contributed by atoms with Crippen molar-refractivity contribution in [1.82, 2.24) is 4.31 Å². The second-order valence-corrected chi connectivity index (χ2v) is 6.56. The summed E-state index contributed by atoms with van der Waals surface area (Å²) in [6.45, 7) is 0.628. The topological polar surface area (TPSA) is 46.6 Å². The minimum Gasteiger partial charge on any atom is -0.497 e. The van der Waals surface area contributed by atoms with E-state index in [0.717, 1.165) is 12.8 Å². The van der Waals surface area contributed by atoms with Gasteiger partial charge in [-0.1, -0.05) is 5.92 Å². The van der Waals surface area contributed by atoms with Crippen molar-refractivity contribution >= 4 is 10.0 Å². The Morgan fingerprint density at radius 3 is 2.47 bits per heavy atom. The standard InChI is InChI=1S/C14H17NO3S/c1-3-10-15(11-12-4-5-12)19(16,17)14-8-6-13(18-2)7-9-14/h1,6-9,12H,4-5,10-11H2,2H3. The van der Waals surface area contributed by atoms with Crippen molar-refractivity contribution in [3.63, 3.8) is 0 Å². The van der Waals surface area contributed by atoms with E-state index in [1.54, 1.807) is 31.4 Å². The third-order valence-electron chi connectivity index (χ3n) is 3.12. The Balaban J connectivity index is 2.23. The third kappa shape index (κ3) is 3.28. The molecule has 1 aromatic rings. The largest absolute Gasteiger partial charge is 0.497 e. The van der Waals surface area contributed by atoms with Crippen LogP contribution in [0, 0.1) is 18.3 Å². The number of rotatable bonds is 6. The third-order valence-corrected chi connectivity index (χ3v) is 4.95. The van der Waals surface area contributed by atoms with Crippen LogP contribution in [0.15, 0.2) is 29.2 Å². The zero-order valence-corrected chi connectivity index (χ0v) is 11.7. The van der Waals surface area contributed by atoms with Gasteiger partial charge in [0.15, 0.2) is 0 Å². The highest BCUT2D eigenvalue weighted by Gasteiger charge is 2.31. The lowest BCUT2D eigenvalue weighted by Crippen LogP contribution is -2.33. The lowest BCUT2D eigenvalue weighted by atomic mass is 10.3. The van der Waals surface area contributed by atoms with Crippen LogP contribution in [-0.4, -0.2) is 32.9 Å². The summed E-state index contributed by atoms with van der Waals surface area (Å²) in [5.74, 6) is 3.51. The quantitative estimate of drug-likeness (QED) is 0.745. The van der Waals surface area contributed by atoms with Crippen LogP contribution in [0.4, 0.5) is 0 Å². The molecule has 1 aliphatic carbocycles. The summed E-state index contributed by atoms with van der Waals surface area (Å²) in [7, 11) is -1.97. The normalized spacial score (nSPS) is 15.2. The van der Waals surface area contributed by atoms with Crippen molar-refractivity contribution in [3.05, 3.63) is 24.3 Å². The van der Waals surface area contributed by atoms with E-state index < -0.39 is 10.0 Å². The van der Waals surface area contributed by atoms with Gasteiger partial charge in [0.2, 0.25) is 10.0 Å². The molecule has 0 amide bonds. The van der Waals surface area contributed by atoms with E-state index in [2.05, 4.69) is 5.92 Å². The molecular weight excluding hydrogens is 262 g/mol. The van der Waals surface area contributed by atoms with Crippen molar-refractivity contribution in [2.24, 2.45) is 5.92 Å². The highest BCUT2D eigenvalue weighted by Crippen LogP contribution is 2.31. The Bertz CT molecular complexity index is 568. The molecule has 5 heteroatoms. The number of hydrogen-bond donors (Lipinski definition) is 0. The minimum atomic E-state index is -3.51. The Morgan fingerprint density at radius 1 is 1.37 bits per heavy atom. The van der Waals surface area contributed by atoms with Crippen molar-refractivity contribution in [1.29, 1.82) is 0 Å². The van der Waals surface area contributed by atoms with Gasteiger partial charge in [-0.25, -0.2) is 8.42 Å². The van der Waals surface area contributed by atoms with Gasteiger partial charge >= 0.3 is 0 Å². The van der Waals surface area contributed by atoms with Gasteiger partial charge in [-0.2, -0.15) is 4.31 Å². The molecule has 0 saturated heterocycles. The van der Waals surface area contributed by atoms with Crippen LogP contribution >= 0.6 is 0 Å². The van der Waals surface area contributed by atoms with Gasteiger partial charge in [-0.05, 0) is 43.0 Å². The van der Waals surface area contributed by atoms with Crippen LogP contribution in [-0.2, 0) is 10.0 Å². The number of methoxy groups -OCH3 is 1. The molecule has 1 aromatic carbocycles. The van der Waals surface area contributed by atoms with Gasteiger partial charge in [0.25, 0.3) is 0 Å². The van der Waals surface area contributed by atoms with Crippen LogP contribution < -0.4 is 4.74 Å². The maximum Gasteiger partial charge on any atom is 0.243 e. The molecule has 0 heterocycles. The molecule has 1 saturated carbocycles. The molecule has 0 aliphatic heterocycles. The fraction of sp³-hybridized carbons (Fsp3) is 0.429. The molecule has 0 radical (unpaired) electrons. The Hall–Kier alpha value is -1.51. The summed E-state index contributed by atoms with van der Waals surface area (Å²) in [4.78, 5) is 0.254. The Morgan fingerprint density at radius 2 is 2.00 bits per heavy atom. The SMILES string of the molecule is C#CCN(CC1CC1)S(=O)(=O)c1ccc(OC)cc1. The van der Waals surface area contributed by atoms with Gasteiger partial charge in [-0.3, -0.25) is 0 Å². The summed E-state index contributed by atoms with van der Waals surface area (Å²) in [6, 6.07) is 6.37. The molecule has 0 aromatic heterocycles. The van der Waals surface area contributed by atoms with Crippen LogP contribution in [0.2, 0.25) is 0 Å². The number of nitrogens with zero attached hydrogens (tertiary/aromatic N) is 1. The lowest BCUT2D eigenvalue weighted by Gasteiger charge is -2.19. The number of ether oxygens (including phenoxy) is 1. The van der Waals surface area contributed by atoms with Crippen LogP contribution in [0.5, 0.6) is 5.75 Å². The van der Waals surface area contributed by atoms with E-state index in [1.807, 2.05) is 0 Å². The zero-order chi connectivity index (χ0) is 13.9. The predicted molar refractivity (Wildman–Crippen MR) is 73.3 cm³/mol. The first-order valence-corrected chi connectivity index (χ1v) is 7.59. The van der Waals surface area contributed by atoms with E-state index in [4.69, 9.17) is 11.2 Å². The molecule has 1 aliphatic rings. The molecule has 0 atom stereocenters. The van der Waals surface area contributed by atoms with E-state index in [1.165, 1.54) is 4.31 Å². The van der Waals surface area contributed by atoms with Crippen molar-refractivity contribution < 1.29 is 13.2 Å². The minimum absolute atomic E-state index is 0.116. The maximum atomic E-state index is 12.5. The first-order valence-electron chi connectivity index (χ1n) is 6.15. The average Bonchev–Trinajstić information content (AvgIpc) is 3.22. The van der Waals surface area contributed by atoms with Crippen molar-refractivity contribution in [3.8, 4) is 18.1 Å². The van der Waals surface area contributed by atoms with E-state index in [9.17, 15) is 8.42 Å². The lowest BCUT2D eigenvalue weighted by molar-refractivity contribution is 0.413. The predicted octanol–water partition coefficient (Wildman–Crippen LogP) is 1.73. The summed E-state index contributed by atoms with van der Waals surface area (Å²) >= 11 is 0. The molecule has 0 spiro atoms. The maximum absolute atomic E-state index is 12.5. The van der Waals surface area contributed by atoms with Crippen molar-refractivity contribution in [2.45, 2.75) is 17.7 Å². The Labute approximate surface area is 114 Å². The fourth-order valence-electron chi connectivity index (χ4n) is 1.83. The zero-order valence-electron chi connectivity index (χ0n) is 10.9. The van der Waals surface area contributed by atoms with E-state index >= 15 is 0 Å². The van der Waals surface area contributed by atoms with Crippen LogP contribution in [0.1, 0.15) is 12.8 Å². The number of terminal acetylenes is 1. The van der Waals surface area contributed by atoms with Crippen molar-refractivity contribution in [2.75, 3.05) is 20.2 Å². The number of hydrogen-bond acceptors (Lipinski definition) is 3. The van der Waals surface area contributed by atoms with Gasteiger partial charge < -0.3 is 4.74 Å². The first kappa shape index (κ1) is 13.9. The molecule has 0 unspecified atom stereocenters. The smallest absolute Gasteiger partial charge is 0.243 e. The van der Waals surface area contributed by atoms with Gasteiger partial charge in [0.05, 0.1) is 18.6 Å². The summed E-state index contributed by atoms with van der Waals surface area (Å²) in [5.41, 5.74) is 0. The Kier molecular flexibility index (Phi) is 4.13. The van der Waals surface area contributed by atoms with Gasteiger partial charge in [0.1, 0.15) is 5.75 Å². The summed E-state index contributed by atoms with van der Waals surface area (Å²) in [6.07, 6.45) is 7.43. The second kappa shape index (κ2) is 5.64. The van der Waals surface area contributed by atoms with Gasteiger partial charge in [0, 0.05) is 6.54 Å². The summed E-state index contributed by atoms with van der Waals surface area (Å²) in [5, 5.41) is 0. The first-order chi connectivity index (χ1) is 9.07. The molecular formula is C14H17NO3S. The molecule has 4 nitrogen and oxygen atoms in total. The average molecular weight is 279 g/mol. The molecule has 102 valence electrons. The number of benzene rings is 1. The number of sulfonamides is 1. The molecule has 0 bridgehead atoms. The van der Waals surface area contributed by atoms with Crippen LogP contribution in [0.3, 0.4) is 0 Å². The molecule has 0 N–H and O–H groups in total. The molecule has 2 rings (SSSR count). The summed E-state index contributed by atoms with van der Waals surface area (Å²) < 4.78 is 31.4. The van der Waals surface area contributed by atoms with Gasteiger partial charge in [-0.15, -0.1) is 6.42 Å². The highest BCUT2D eigenvalue weighted by molar-refractivity contribution is 7.89.